The average Bonchev–Trinajstić information content (AvgIpc) is 2.22. The van der Waals surface area contributed by atoms with Gasteiger partial charge >= 0.3 is 0 Å². The van der Waals surface area contributed by atoms with Crippen LogP contribution < -0.4 is 0 Å². The molecule has 0 radical (unpaired) electrons. The minimum Gasteiger partial charge on any atom is -0.287 e. The maximum absolute atomic E-state index is 11.5. The lowest BCUT2D eigenvalue weighted by Crippen LogP contribution is -1.98. The van der Waals surface area contributed by atoms with Gasteiger partial charge in [-0.15, -0.1) is 0 Å². The Bertz CT molecular complexity index is 303. The molecule has 0 fully saturated rings. The van der Waals surface area contributed by atoms with E-state index >= 15 is 0 Å². The minimum atomic E-state index is 0.285. The maximum Gasteiger partial charge on any atom is 0.193 e. The second-order valence-corrected chi connectivity index (χ2v) is 4.89. The standard InChI is InChI=1S/C13H18OS/c1-3-4-9-15-13(14)10-12-7-5-11(2)6-8-12/h5-8H,3-4,9-10H2,1-2H3. The molecule has 0 amide bonds. The van der Waals surface area contributed by atoms with E-state index in [2.05, 4.69) is 26.0 Å². The van der Waals surface area contributed by atoms with Crippen molar-refractivity contribution < 1.29 is 4.79 Å². The first-order chi connectivity index (χ1) is 7.22. The summed E-state index contributed by atoms with van der Waals surface area (Å²) in [5.74, 6) is 0.960. The lowest BCUT2D eigenvalue weighted by Gasteiger charge is -2.01. The van der Waals surface area contributed by atoms with Gasteiger partial charge in [-0.2, -0.15) is 0 Å². The summed E-state index contributed by atoms with van der Waals surface area (Å²) in [4.78, 5) is 11.5. The summed E-state index contributed by atoms with van der Waals surface area (Å²) in [7, 11) is 0. The van der Waals surface area contributed by atoms with E-state index in [9.17, 15) is 4.79 Å². The molecule has 1 rings (SSSR count). The summed E-state index contributed by atoms with van der Waals surface area (Å²) in [6, 6.07) is 8.18. The van der Waals surface area contributed by atoms with Gasteiger partial charge in [0.2, 0.25) is 0 Å². The van der Waals surface area contributed by atoms with Crippen molar-refractivity contribution in [1.29, 1.82) is 0 Å². The zero-order valence-electron chi connectivity index (χ0n) is 9.45. The van der Waals surface area contributed by atoms with Crippen molar-refractivity contribution in [3.05, 3.63) is 35.4 Å². The second kappa shape index (κ2) is 6.67. The molecular formula is C13H18OS. The maximum atomic E-state index is 11.5. The summed E-state index contributed by atoms with van der Waals surface area (Å²) in [6.07, 6.45) is 2.85. The van der Waals surface area contributed by atoms with Crippen LogP contribution in [0.3, 0.4) is 0 Å². The van der Waals surface area contributed by atoms with Crippen molar-refractivity contribution in [2.45, 2.75) is 33.1 Å². The summed E-state index contributed by atoms with van der Waals surface area (Å²) < 4.78 is 0. The van der Waals surface area contributed by atoms with Crippen LogP contribution in [0.2, 0.25) is 0 Å². The highest BCUT2D eigenvalue weighted by Gasteiger charge is 2.03. The Hall–Kier alpha value is -0.760. The Morgan fingerprint density at radius 3 is 2.53 bits per heavy atom. The van der Waals surface area contributed by atoms with E-state index in [0.29, 0.717) is 6.42 Å². The molecule has 0 N–H and O–H groups in total. The van der Waals surface area contributed by atoms with Gasteiger partial charge < -0.3 is 0 Å². The molecular weight excluding hydrogens is 204 g/mol. The normalized spacial score (nSPS) is 10.3. The van der Waals surface area contributed by atoms with Crippen molar-refractivity contribution in [3.8, 4) is 0 Å². The fourth-order valence-electron chi connectivity index (χ4n) is 1.25. The highest BCUT2D eigenvalue weighted by atomic mass is 32.2. The van der Waals surface area contributed by atoms with E-state index < -0.39 is 0 Å². The van der Waals surface area contributed by atoms with Crippen LogP contribution in [0.5, 0.6) is 0 Å². The molecule has 82 valence electrons. The van der Waals surface area contributed by atoms with Crippen LogP contribution in [-0.2, 0) is 11.2 Å². The number of hydrogen-bond donors (Lipinski definition) is 0. The highest BCUT2D eigenvalue weighted by molar-refractivity contribution is 8.13. The molecule has 1 aromatic rings. The van der Waals surface area contributed by atoms with Gasteiger partial charge in [-0.25, -0.2) is 0 Å². The number of rotatable bonds is 5. The molecule has 2 heteroatoms. The molecule has 1 aromatic carbocycles. The third kappa shape index (κ3) is 5.03. The van der Waals surface area contributed by atoms with Crippen molar-refractivity contribution in [3.63, 3.8) is 0 Å². The fourth-order valence-corrected chi connectivity index (χ4v) is 2.18. The summed E-state index contributed by atoms with van der Waals surface area (Å²) in [6.45, 7) is 4.20. The highest BCUT2D eigenvalue weighted by Crippen LogP contribution is 2.11. The largest absolute Gasteiger partial charge is 0.287 e. The molecule has 0 aliphatic heterocycles. The predicted molar refractivity (Wildman–Crippen MR) is 67.3 cm³/mol. The Labute approximate surface area is 96.3 Å². The lowest BCUT2D eigenvalue weighted by molar-refractivity contribution is -0.110. The first-order valence-electron chi connectivity index (χ1n) is 5.43. The molecule has 0 spiro atoms. The van der Waals surface area contributed by atoms with Gasteiger partial charge in [0.25, 0.3) is 0 Å². The molecule has 0 unspecified atom stereocenters. The number of thioether (sulfide) groups is 1. The van der Waals surface area contributed by atoms with Crippen LogP contribution >= 0.6 is 11.8 Å². The fraction of sp³-hybridized carbons (Fsp3) is 0.462. The Kier molecular flexibility index (Phi) is 5.48. The third-order valence-corrected chi connectivity index (χ3v) is 3.19. The van der Waals surface area contributed by atoms with Gasteiger partial charge in [-0.1, -0.05) is 54.9 Å². The molecule has 0 aromatic heterocycles. The van der Waals surface area contributed by atoms with Gasteiger partial charge in [0.05, 0.1) is 0 Å². The van der Waals surface area contributed by atoms with Crippen LogP contribution in [0.25, 0.3) is 0 Å². The quantitative estimate of drug-likeness (QED) is 0.708. The number of hydrogen-bond acceptors (Lipinski definition) is 2. The van der Waals surface area contributed by atoms with E-state index in [1.165, 1.54) is 17.3 Å². The van der Waals surface area contributed by atoms with Crippen molar-refractivity contribution in [2.75, 3.05) is 5.75 Å². The second-order valence-electron chi connectivity index (χ2n) is 3.74. The van der Waals surface area contributed by atoms with Crippen molar-refractivity contribution in [2.24, 2.45) is 0 Å². The van der Waals surface area contributed by atoms with Crippen LogP contribution in [0.15, 0.2) is 24.3 Å². The number of aryl methyl sites for hydroxylation is 1. The Morgan fingerprint density at radius 2 is 1.93 bits per heavy atom. The Morgan fingerprint density at radius 1 is 1.27 bits per heavy atom. The third-order valence-electron chi connectivity index (χ3n) is 2.23. The number of unbranched alkanes of at least 4 members (excludes halogenated alkanes) is 1. The smallest absolute Gasteiger partial charge is 0.193 e. The number of carbonyl (C=O) groups is 1. The molecule has 0 saturated heterocycles. The van der Waals surface area contributed by atoms with E-state index in [1.54, 1.807) is 0 Å². The number of benzene rings is 1. The Balaban J connectivity index is 2.34. The van der Waals surface area contributed by atoms with Crippen molar-refractivity contribution >= 4 is 16.9 Å². The molecule has 0 heterocycles. The summed E-state index contributed by atoms with van der Waals surface area (Å²) in [5, 5.41) is 0.285. The van der Waals surface area contributed by atoms with Crippen LogP contribution in [0.4, 0.5) is 0 Å². The van der Waals surface area contributed by atoms with Crippen LogP contribution in [0.1, 0.15) is 30.9 Å². The first kappa shape index (κ1) is 12.3. The van der Waals surface area contributed by atoms with Gasteiger partial charge in [0.15, 0.2) is 5.12 Å². The predicted octanol–water partition coefficient (Wildman–Crippen LogP) is 3.60. The summed E-state index contributed by atoms with van der Waals surface area (Å²) in [5.41, 5.74) is 2.36. The topological polar surface area (TPSA) is 17.1 Å². The molecule has 15 heavy (non-hydrogen) atoms. The van der Waals surface area contributed by atoms with Crippen LogP contribution in [0, 0.1) is 6.92 Å². The SMILES string of the molecule is CCCCSC(=O)Cc1ccc(C)cc1. The average molecular weight is 222 g/mol. The first-order valence-corrected chi connectivity index (χ1v) is 6.42. The molecule has 1 nitrogen and oxygen atoms in total. The van der Waals surface area contributed by atoms with Crippen molar-refractivity contribution in [1.82, 2.24) is 0 Å². The molecule has 0 atom stereocenters. The lowest BCUT2D eigenvalue weighted by atomic mass is 10.1. The van der Waals surface area contributed by atoms with Gasteiger partial charge in [0, 0.05) is 12.2 Å². The van der Waals surface area contributed by atoms with E-state index in [0.717, 1.165) is 24.2 Å². The minimum absolute atomic E-state index is 0.285. The monoisotopic (exact) mass is 222 g/mol. The van der Waals surface area contributed by atoms with E-state index in [1.807, 2.05) is 12.1 Å². The van der Waals surface area contributed by atoms with E-state index in [4.69, 9.17) is 0 Å². The summed E-state index contributed by atoms with van der Waals surface area (Å²) >= 11 is 1.46. The zero-order chi connectivity index (χ0) is 11.1. The molecule has 0 bridgehead atoms. The molecule has 0 aliphatic rings. The molecule has 0 aliphatic carbocycles. The van der Waals surface area contributed by atoms with Gasteiger partial charge in [-0.3, -0.25) is 4.79 Å². The zero-order valence-corrected chi connectivity index (χ0v) is 10.3. The van der Waals surface area contributed by atoms with E-state index in [-0.39, 0.29) is 5.12 Å². The number of carbonyl (C=O) groups excluding carboxylic acids is 1. The van der Waals surface area contributed by atoms with Gasteiger partial charge in [-0.05, 0) is 18.9 Å². The van der Waals surface area contributed by atoms with Crippen LogP contribution in [-0.4, -0.2) is 10.9 Å². The van der Waals surface area contributed by atoms with Gasteiger partial charge in [0.1, 0.15) is 0 Å². The molecule has 0 saturated carbocycles.